The number of halogens is 4. The summed E-state index contributed by atoms with van der Waals surface area (Å²) in [6, 6.07) is 10.9. The summed E-state index contributed by atoms with van der Waals surface area (Å²) < 4.78 is 192. The highest BCUT2D eigenvalue weighted by molar-refractivity contribution is 7.92. The highest BCUT2D eigenvalue weighted by Crippen LogP contribution is 2.60. The van der Waals surface area contributed by atoms with E-state index in [0.29, 0.717) is 99.6 Å². The summed E-state index contributed by atoms with van der Waals surface area (Å²) in [4.78, 5) is 125. The minimum absolute atomic E-state index is 0.0151. The Labute approximate surface area is 673 Å². The standard InChI is InChI=1S/2C42H55F2N3O9S/c2*1-25-12-8-9-13-27-21-42(27,38(51)46-57(52,53)40(5)16-17-40)22-33(48)32-19-28(55-36-30-15-11-10-14-29(30)34(54-7)23-45-36)24-47(32)37(50)31(26(2)18-25)20-35(49)56-39(3,4)41(6,43)44/h2*9-11,13-15,23,25-28,31-32H,8,12,16-22,24H2,1-7H3,(H,46,51)/b2*13-9-/t25-,26+,27+,28+,31-,32-,42+;25-,26-,27-,28-,31+,32+,42-/m01/s1/i2*7D3. The van der Waals surface area contributed by atoms with E-state index in [0.717, 1.165) is 27.7 Å². The fourth-order valence-electron chi connectivity index (χ4n) is 16.3. The van der Waals surface area contributed by atoms with Crippen molar-refractivity contribution < 1.29 is 109 Å². The molecule has 624 valence electrons. The van der Waals surface area contributed by atoms with Crippen LogP contribution in [0.25, 0.3) is 21.5 Å². The van der Waals surface area contributed by atoms with Crippen LogP contribution in [0.5, 0.6) is 23.3 Å². The number of rotatable bonds is 20. The Kier molecular flexibility index (Phi) is 22.4. The highest BCUT2D eigenvalue weighted by Gasteiger charge is 2.65. The van der Waals surface area contributed by atoms with Crippen molar-refractivity contribution in [3.8, 4) is 23.3 Å². The topological polar surface area (TPSA) is 317 Å². The summed E-state index contributed by atoms with van der Waals surface area (Å²) in [5.74, 6) is -16.4. The molecule has 4 aromatic rings. The minimum Gasteiger partial charge on any atom is -0.494 e. The van der Waals surface area contributed by atoms with Crippen molar-refractivity contribution >= 4 is 88.7 Å². The molecule has 0 unspecified atom stereocenters. The lowest BCUT2D eigenvalue weighted by Gasteiger charge is -2.34. The van der Waals surface area contributed by atoms with Gasteiger partial charge >= 0.3 is 11.9 Å². The number of nitrogens with zero attached hydrogens (tertiary/aromatic N) is 4. The molecule has 6 heterocycles. The van der Waals surface area contributed by atoms with Crippen molar-refractivity contribution in [3.05, 3.63) is 85.2 Å². The molecule has 14 atom stereocenters. The van der Waals surface area contributed by atoms with Crippen molar-refractivity contribution in [3.63, 3.8) is 0 Å². The average Bonchev–Trinajstić information content (AvgIpc) is 1.57. The lowest BCUT2D eigenvalue weighted by atomic mass is 9.82. The molecule has 114 heavy (non-hydrogen) atoms. The lowest BCUT2D eigenvalue weighted by Crippen LogP contribution is -2.49. The maximum atomic E-state index is 14.9. The maximum Gasteiger partial charge on any atom is 0.307 e. The second-order valence-electron chi connectivity index (χ2n) is 35.1. The molecule has 2 aromatic heterocycles. The largest absolute Gasteiger partial charge is 0.494 e. The Bertz CT molecular complexity index is 4620. The molecular formula is C84H110F4N6O18S2. The van der Waals surface area contributed by atoms with Crippen molar-refractivity contribution in [2.24, 2.45) is 58.2 Å². The molecule has 2 N–H and O–H groups in total. The van der Waals surface area contributed by atoms with Gasteiger partial charge in [0.1, 0.15) is 23.7 Å². The summed E-state index contributed by atoms with van der Waals surface area (Å²) >= 11 is 0. The number of pyridine rings is 2. The van der Waals surface area contributed by atoms with Gasteiger partial charge < -0.3 is 38.2 Å². The van der Waals surface area contributed by atoms with E-state index in [1.54, 1.807) is 76.2 Å². The summed E-state index contributed by atoms with van der Waals surface area (Å²) in [6.07, 6.45) is 11.8. The smallest absolute Gasteiger partial charge is 0.307 e. The molecule has 12 rings (SSSR count). The van der Waals surface area contributed by atoms with Crippen molar-refractivity contribution in [2.45, 2.75) is 255 Å². The second kappa shape index (κ2) is 32.7. The number of carbonyl (C=O) groups is 8. The highest BCUT2D eigenvalue weighted by atomic mass is 32.2. The predicted molar refractivity (Wildman–Crippen MR) is 416 cm³/mol. The van der Waals surface area contributed by atoms with Gasteiger partial charge in [-0.15, -0.1) is 0 Å². The zero-order valence-corrected chi connectivity index (χ0v) is 68.3. The number of hydrogen-bond donors (Lipinski definition) is 2. The van der Waals surface area contributed by atoms with E-state index in [4.69, 9.17) is 36.6 Å². The van der Waals surface area contributed by atoms with Crippen LogP contribution in [-0.4, -0.2) is 168 Å². The van der Waals surface area contributed by atoms with E-state index in [1.807, 2.05) is 38.2 Å². The van der Waals surface area contributed by atoms with Gasteiger partial charge in [-0.1, -0.05) is 88.4 Å². The number of hydrogen-bond acceptors (Lipinski definition) is 20. The molecule has 0 bridgehead atoms. The zero-order chi connectivity index (χ0) is 88.4. The number of carbonyl (C=O) groups excluding carboxylic acids is 8. The molecule has 30 heteroatoms. The number of sulfonamides is 2. The first-order valence-electron chi connectivity index (χ1n) is 42.3. The second-order valence-corrected chi connectivity index (χ2v) is 39.5. The van der Waals surface area contributed by atoms with E-state index < -0.39 is 197 Å². The van der Waals surface area contributed by atoms with Crippen LogP contribution in [-0.2, 0) is 67.9 Å². The first kappa shape index (κ1) is 78.3. The van der Waals surface area contributed by atoms with Crippen LogP contribution < -0.4 is 28.4 Å². The van der Waals surface area contributed by atoms with Crippen molar-refractivity contribution in [1.82, 2.24) is 29.2 Å². The number of ketones is 2. The molecular weight excluding hydrogens is 1520 g/mol. The molecule has 2 saturated heterocycles. The molecule has 0 radical (unpaired) electrons. The predicted octanol–water partition coefficient (Wildman–Crippen LogP) is 13.1. The number of benzene rings is 2. The van der Waals surface area contributed by atoms with Gasteiger partial charge in [0.2, 0.25) is 55.4 Å². The summed E-state index contributed by atoms with van der Waals surface area (Å²) in [7, 11) is -13.6. The summed E-state index contributed by atoms with van der Waals surface area (Å²) in [5.41, 5.74) is -7.15. The van der Waals surface area contributed by atoms with Crippen LogP contribution >= 0.6 is 0 Å². The number of ether oxygens (including phenoxy) is 6. The lowest BCUT2D eigenvalue weighted by molar-refractivity contribution is -0.197. The average molecular weight is 1640 g/mol. The molecule has 4 aliphatic carbocycles. The van der Waals surface area contributed by atoms with E-state index in [-0.39, 0.29) is 86.7 Å². The number of methoxy groups -OCH3 is 2. The first-order chi connectivity index (χ1) is 55.5. The Hall–Kier alpha value is -8.28. The van der Waals surface area contributed by atoms with Crippen LogP contribution in [0.4, 0.5) is 17.6 Å². The number of fused-ring (bicyclic) bond motifs is 6. The third kappa shape index (κ3) is 18.4. The molecule has 2 aromatic carbocycles. The van der Waals surface area contributed by atoms with Crippen LogP contribution in [0, 0.1) is 58.2 Å². The Morgan fingerprint density at radius 3 is 1.24 bits per heavy atom. The number of nitrogens with one attached hydrogen (secondary N) is 2. The Balaban J connectivity index is 0.000000235. The quantitative estimate of drug-likeness (QED) is 0.0472. The van der Waals surface area contributed by atoms with E-state index in [9.17, 15) is 72.8 Å². The third-order valence-corrected chi connectivity index (χ3v) is 29.8. The van der Waals surface area contributed by atoms with Crippen LogP contribution in [0.3, 0.4) is 0 Å². The van der Waals surface area contributed by atoms with Gasteiger partial charge in [0.25, 0.3) is 11.8 Å². The fourth-order valence-corrected chi connectivity index (χ4v) is 19.0. The SMILES string of the molecule is [2H]C([2H])([2H])Oc1cnc(O[C@@H]2C[C@H]3C(=O)C[C@]4(C(=O)NS(=O)(=O)C5(C)CC5)C[C@H]4/C=C\CC[C@@H](C)C[C@@H](C)[C@H](CC(=O)OC(C)(C)C(C)(F)F)C(=O)N3C2)c2ccccc12.[2H]C([2H])([2H])Oc1cnc(O[C@@H]2C[C@H]3C(=O)C[C@]4(C(=O)NS(=O)(=O)C5(C)CC5)C[C@H]4/C=C\CC[C@H](C)C[C@@H](C)[C@H](CC(=O)OC(C)(C)C(C)(F)F)C(=O)N3C2)c2ccccc12. The van der Waals surface area contributed by atoms with Crippen LogP contribution in [0.15, 0.2) is 85.2 Å². The van der Waals surface area contributed by atoms with E-state index >= 15 is 0 Å². The van der Waals surface area contributed by atoms with E-state index in [1.165, 1.54) is 22.2 Å². The third-order valence-electron chi connectivity index (χ3n) is 25.4. The van der Waals surface area contributed by atoms with Crippen LogP contribution in [0.2, 0.25) is 0 Å². The van der Waals surface area contributed by atoms with Gasteiger partial charge in [0, 0.05) is 61.1 Å². The van der Waals surface area contributed by atoms with Gasteiger partial charge in [-0.25, -0.2) is 44.4 Å². The fraction of sp³-hybridized carbons (Fsp3) is 0.643. The van der Waals surface area contributed by atoms with Crippen molar-refractivity contribution in [1.29, 1.82) is 0 Å². The van der Waals surface area contributed by atoms with E-state index in [2.05, 4.69) is 19.4 Å². The Morgan fingerprint density at radius 1 is 0.553 bits per heavy atom. The molecule has 24 nitrogen and oxygen atoms in total. The molecule has 6 fully saturated rings. The first-order valence-corrected chi connectivity index (χ1v) is 42.3. The normalized spacial score (nSPS) is 30.9. The molecule has 4 aliphatic heterocycles. The number of alkyl halides is 4. The molecule has 4 amide bonds. The maximum absolute atomic E-state index is 14.9. The number of aromatic nitrogens is 2. The number of allylic oxidation sites excluding steroid dienone is 4. The summed E-state index contributed by atoms with van der Waals surface area (Å²) in [5, 5.41) is 1.57. The zero-order valence-electron chi connectivity index (χ0n) is 72.6. The number of amides is 4. The van der Waals surface area contributed by atoms with Gasteiger partial charge in [0.05, 0.1) is 105 Å². The minimum atomic E-state index is -4.04. The van der Waals surface area contributed by atoms with Crippen LogP contribution in [0.1, 0.15) is 207 Å². The molecule has 4 saturated carbocycles. The van der Waals surface area contributed by atoms with Gasteiger partial charge in [-0.3, -0.25) is 47.8 Å². The Morgan fingerprint density at radius 2 is 0.904 bits per heavy atom. The van der Waals surface area contributed by atoms with Crippen molar-refractivity contribution in [2.75, 3.05) is 27.2 Å². The van der Waals surface area contributed by atoms with Gasteiger partial charge in [0.15, 0.2) is 22.8 Å². The number of esters is 2. The monoisotopic (exact) mass is 1640 g/mol. The molecule has 0 spiro atoms. The van der Waals surface area contributed by atoms with Gasteiger partial charge in [-0.05, 0) is 166 Å². The summed E-state index contributed by atoms with van der Waals surface area (Å²) in [6.45, 7) is 16.0. The molecule has 8 aliphatic rings. The van der Waals surface area contributed by atoms with Gasteiger partial charge in [-0.2, -0.15) is 0 Å². The number of Topliss-reactive ketones (excluding diaryl/α,β-unsaturated/α-hetero) is 2.